The lowest BCUT2D eigenvalue weighted by atomic mass is 9.99. The van der Waals surface area contributed by atoms with Gasteiger partial charge in [0, 0.05) is 30.6 Å². The van der Waals surface area contributed by atoms with Crippen LogP contribution in [0.3, 0.4) is 0 Å². The molecule has 0 radical (unpaired) electrons. The fourth-order valence-corrected chi connectivity index (χ4v) is 3.58. The van der Waals surface area contributed by atoms with E-state index in [1.165, 1.54) is 6.20 Å². The van der Waals surface area contributed by atoms with E-state index < -0.39 is 0 Å². The number of hydrogen-bond donors (Lipinski definition) is 2. The fraction of sp³-hybridized carbons (Fsp3) is 0.217. The maximum atomic E-state index is 13.1. The Balaban J connectivity index is 2.22. The van der Waals surface area contributed by atoms with E-state index in [2.05, 4.69) is 15.3 Å². The number of anilines is 1. The highest BCUT2D eigenvalue weighted by Gasteiger charge is 2.20. The molecule has 1 aromatic carbocycles. The number of aromatic nitrogens is 1. The number of benzene rings is 1. The topological polar surface area (TPSA) is 117 Å². The summed E-state index contributed by atoms with van der Waals surface area (Å²) in [5.41, 5.74) is 9.41. The maximum Gasteiger partial charge on any atom is 0.196 e. The van der Waals surface area contributed by atoms with E-state index in [1.807, 2.05) is 26.0 Å². The number of nitrogens with two attached hydrogens (primary N) is 1. The van der Waals surface area contributed by atoms with Gasteiger partial charge in [-0.25, -0.2) is 4.98 Å². The van der Waals surface area contributed by atoms with Gasteiger partial charge in [-0.05, 0) is 44.5 Å². The zero-order chi connectivity index (χ0) is 22.7. The number of pyridine rings is 1. The molecule has 0 aliphatic heterocycles. The number of nitrogens with zero attached hydrogens (tertiary/aromatic N) is 3. The van der Waals surface area contributed by atoms with Crippen LogP contribution < -0.4 is 16.5 Å². The van der Waals surface area contributed by atoms with Crippen molar-refractivity contribution in [3.05, 3.63) is 74.0 Å². The van der Waals surface area contributed by atoms with Crippen LogP contribution in [0.1, 0.15) is 41.1 Å². The molecule has 0 amide bonds. The molecule has 158 valence electrons. The fourth-order valence-electron chi connectivity index (χ4n) is 3.43. The summed E-state index contributed by atoms with van der Waals surface area (Å²) >= 11 is 5.90. The van der Waals surface area contributed by atoms with E-state index >= 15 is 0 Å². The molecule has 31 heavy (non-hydrogen) atoms. The second-order valence-corrected chi connectivity index (χ2v) is 7.52. The Morgan fingerprint density at radius 3 is 2.77 bits per heavy atom. The van der Waals surface area contributed by atoms with E-state index in [1.54, 1.807) is 38.4 Å². The molecule has 0 spiro atoms. The third-order valence-corrected chi connectivity index (χ3v) is 5.12. The number of nitriles is 1. The molecule has 0 bridgehead atoms. The number of aryl methyl sites for hydroxylation is 1. The Morgan fingerprint density at radius 1 is 1.39 bits per heavy atom. The van der Waals surface area contributed by atoms with E-state index in [-0.39, 0.29) is 22.3 Å². The molecule has 0 aliphatic rings. The average Bonchev–Trinajstić information content (AvgIpc) is 2.75. The van der Waals surface area contributed by atoms with Crippen molar-refractivity contribution >= 4 is 40.0 Å². The number of halogens is 1. The molecular formula is C23H22ClN5O2. The summed E-state index contributed by atoms with van der Waals surface area (Å²) in [4.78, 5) is 21.2. The first-order chi connectivity index (χ1) is 14.8. The van der Waals surface area contributed by atoms with Crippen LogP contribution >= 0.6 is 11.6 Å². The van der Waals surface area contributed by atoms with Crippen molar-refractivity contribution in [1.82, 2.24) is 4.98 Å². The van der Waals surface area contributed by atoms with Gasteiger partial charge in [0.25, 0.3) is 0 Å². The van der Waals surface area contributed by atoms with Crippen molar-refractivity contribution in [2.24, 2.45) is 10.7 Å². The van der Waals surface area contributed by atoms with Crippen LogP contribution in [0.5, 0.6) is 0 Å². The molecule has 3 N–H and O–H groups in total. The Bertz CT molecular complexity index is 1320. The third kappa shape index (κ3) is 4.30. The molecule has 0 saturated heterocycles. The van der Waals surface area contributed by atoms with Gasteiger partial charge in [-0.1, -0.05) is 17.7 Å². The molecule has 2 aromatic heterocycles. The lowest BCUT2D eigenvalue weighted by Gasteiger charge is -2.19. The number of fused-ring (bicyclic) bond motifs is 1. The van der Waals surface area contributed by atoms with Crippen LogP contribution in [0.4, 0.5) is 5.69 Å². The molecule has 1 unspecified atom stereocenters. The van der Waals surface area contributed by atoms with Gasteiger partial charge in [0.05, 0.1) is 22.7 Å². The van der Waals surface area contributed by atoms with Crippen molar-refractivity contribution in [3.63, 3.8) is 0 Å². The first kappa shape index (κ1) is 22.1. The first-order valence-corrected chi connectivity index (χ1v) is 9.94. The Labute approximate surface area is 184 Å². The van der Waals surface area contributed by atoms with Crippen molar-refractivity contribution in [3.8, 4) is 6.07 Å². The van der Waals surface area contributed by atoms with Crippen LogP contribution in [0.15, 0.2) is 44.7 Å². The summed E-state index contributed by atoms with van der Waals surface area (Å²) in [6, 6.07) is 8.78. The summed E-state index contributed by atoms with van der Waals surface area (Å²) in [5, 5.41) is 13.4. The van der Waals surface area contributed by atoms with Crippen LogP contribution in [0, 0.1) is 25.2 Å². The van der Waals surface area contributed by atoms with Crippen molar-refractivity contribution in [1.29, 1.82) is 5.26 Å². The largest absolute Gasteiger partial charge is 0.455 e. The Morgan fingerprint density at radius 2 is 2.13 bits per heavy atom. The molecule has 0 saturated carbocycles. The molecule has 0 fully saturated rings. The van der Waals surface area contributed by atoms with Gasteiger partial charge < -0.3 is 15.5 Å². The van der Waals surface area contributed by atoms with Gasteiger partial charge in [0.15, 0.2) is 11.1 Å². The quantitative estimate of drug-likeness (QED) is 0.450. The molecular weight excluding hydrogens is 414 g/mol. The van der Waals surface area contributed by atoms with E-state index in [0.717, 1.165) is 11.1 Å². The van der Waals surface area contributed by atoms with Gasteiger partial charge in [-0.3, -0.25) is 9.79 Å². The molecule has 1 atom stereocenters. The predicted molar refractivity (Wildman–Crippen MR) is 125 cm³/mol. The minimum Gasteiger partial charge on any atom is -0.455 e. The molecule has 7 nitrogen and oxygen atoms in total. The maximum absolute atomic E-state index is 13.1. The van der Waals surface area contributed by atoms with Crippen LogP contribution in [0.25, 0.3) is 16.5 Å². The minimum absolute atomic E-state index is 0.136. The average molecular weight is 436 g/mol. The van der Waals surface area contributed by atoms with Crippen LogP contribution in [-0.2, 0) is 0 Å². The number of hydrogen-bond acceptors (Lipinski definition) is 7. The molecule has 3 aromatic rings. The van der Waals surface area contributed by atoms with Gasteiger partial charge in [0.2, 0.25) is 0 Å². The zero-order valence-electron chi connectivity index (χ0n) is 17.7. The van der Waals surface area contributed by atoms with Gasteiger partial charge in [-0.15, -0.1) is 0 Å². The van der Waals surface area contributed by atoms with Gasteiger partial charge in [0.1, 0.15) is 22.6 Å². The molecule has 3 rings (SSSR count). The lowest BCUT2D eigenvalue weighted by Crippen LogP contribution is -2.14. The normalized spacial score (nSPS) is 12.8. The van der Waals surface area contributed by atoms with E-state index in [9.17, 15) is 10.1 Å². The molecule has 0 aliphatic carbocycles. The van der Waals surface area contributed by atoms with Crippen molar-refractivity contribution in [2.45, 2.75) is 26.8 Å². The number of rotatable bonds is 5. The SMILES string of the molecule is CN=C/C(=C\N)c1oc2c(C(C)Nc3ccc(Cl)nc3C#N)cc(C)cc2c(=O)c1C. The highest BCUT2D eigenvalue weighted by Crippen LogP contribution is 2.31. The molecule has 8 heteroatoms. The highest BCUT2D eigenvalue weighted by atomic mass is 35.5. The first-order valence-electron chi connectivity index (χ1n) is 9.56. The minimum atomic E-state index is -0.304. The smallest absolute Gasteiger partial charge is 0.196 e. The van der Waals surface area contributed by atoms with Gasteiger partial charge in [-0.2, -0.15) is 5.26 Å². The van der Waals surface area contributed by atoms with Crippen molar-refractivity contribution < 1.29 is 4.42 Å². The highest BCUT2D eigenvalue weighted by molar-refractivity contribution is 6.29. The predicted octanol–water partition coefficient (Wildman–Crippen LogP) is 4.50. The summed E-state index contributed by atoms with van der Waals surface area (Å²) in [6.07, 6.45) is 2.91. The van der Waals surface area contributed by atoms with Gasteiger partial charge >= 0.3 is 0 Å². The summed E-state index contributed by atoms with van der Waals surface area (Å²) in [5.74, 6) is 0.369. The Hall–Kier alpha value is -3.63. The van der Waals surface area contributed by atoms with E-state index in [0.29, 0.717) is 33.6 Å². The van der Waals surface area contributed by atoms with Crippen molar-refractivity contribution in [2.75, 3.05) is 12.4 Å². The number of allylic oxidation sites excluding steroid dienone is 1. The lowest BCUT2D eigenvalue weighted by molar-refractivity contribution is 0.576. The number of aliphatic imine (C=N–C) groups is 1. The van der Waals surface area contributed by atoms with Crippen LogP contribution in [-0.4, -0.2) is 18.2 Å². The second kappa shape index (κ2) is 9.02. The standard InChI is InChI=1S/C23H22ClN5O2/c1-12-7-16(14(3)28-18-5-6-20(24)29-19(18)10-26)23-17(8-12)21(30)13(2)22(31-23)15(9-25)11-27-4/h5-9,11,14,28H,25H2,1-4H3/b15-9+,27-11?. The summed E-state index contributed by atoms with van der Waals surface area (Å²) < 4.78 is 6.22. The third-order valence-electron chi connectivity index (χ3n) is 4.91. The van der Waals surface area contributed by atoms with Crippen LogP contribution in [0.2, 0.25) is 5.15 Å². The zero-order valence-corrected chi connectivity index (χ0v) is 18.4. The summed E-state index contributed by atoms with van der Waals surface area (Å²) in [6.45, 7) is 5.53. The molecule has 2 heterocycles. The summed E-state index contributed by atoms with van der Waals surface area (Å²) in [7, 11) is 1.62. The second-order valence-electron chi connectivity index (χ2n) is 7.13. The Kier molecular flexibility index (Phi) is 6.42. The number of nitrogens with one attached hydrogen (secondary N) is 1. The van der Waals surface area contributed by atoms with E-state index in [4.69, 9.17) is 21.8 Å². The monoisotopic (exact) mass is 435 g/mol.